The molecule has 0 spiro atoms. The van der Waals surface area contributed by atoms with Gasteiger partial charge >= 0.3 is 0 Å². The monoisotopic (exact) mass is 639 g/mol. The van der Waals surface area contributed by atoms with Crippen LogP contribution in [0.2, 0.25) is 0 Å². The van der Waals surface area contributed by atoms with Crippen LogP contribution in [-0.4, -0.2) is 24.9 Å². The predicted molar refractivity (Wildman–Crippen MR) is 203 cm³/mol. The van der Waals surface area contributed by atoms with Gasteiger partial charge in [0.2, 0.25) is 0 Å². The fourth-order valence-electron chi connectivity index (χ4n) is 6.41. The second-order valence-corrected chi connectivity index (χ2v) is 12.1. The van der Waals surface area contributed by atoms with Crippen molar-refractivity contribution in [3.63, 3.8) is 0 Å². The van der Waals surface area contributed by atoms with Gasteiger partial charge in [-0.1, -0.05) is 140 Å². The zero-order chi connectivity index (χ0) is 33.3. The van der Waals surface area contributed by atoms with Crippen molar-refractivity contribution < 1.29 is 0 Å². The Kier molecular flexibility index (Phi) is 7.41. The van der Waals surface area contributed by atoms with E-state index in [1.54, 1.807) is 6.20 Å². The largest absolute Gasteiger partial charge is 0.255 e. The van der Waals surface area contributed by atoms with E-state index < -0.39 is 0 Å². The van der Waals surface area contributed by atoms with Crippen LogP contribution in [0.3, 0.4) is 0 Å². The molecule has 0 aliphatic heterocycles. The topological polar surface area (TPSA) is 64.5 Å². The molecule has 0 fully saturated rings. The highest BCUT2D eigenvalue weighted by Crippen LogP contribution is 2.36. The molecule has 0 bridgehead atoms. The molecular formula is C45H29N5. The Balaban J connectivity index is 1.19. The minimum absolute atomic E-state index is 0.638. The predicted octanol–water partition coefficient (Wildman–Crippen LogP) is 11.0. The van der Waals surface area contributed by atoms with Crippen molar-refractivity contribution in [2.24, 2.45) is 0 Å². The Morgan fingerprint density at radius 2 is 0.880 bits per heavy atom. The van der Waals surface area contributed by atoms with Gasteiger partial charge in [0.25, 0.3) is 0 Å². The van der Waals surface area contributed by atoms with Gasteiger partial charge in [0, 0.05) is 39.2 Å². The molecule has 5 heteroatoms. The number of fused-ring (bicyclic) bond motifs is 3. The van der Waals surface area contributed by atoms with Crippen LogP contribution in [0.15, 0.2) is 176 Å². The summed E-state index contributed by atoms with van der Waals surface area (Å²) >= 11 is 0. The summed E-state index contributed by atoms with van der Waals surface area (Å²) in [5, 5.41) is 2.12. The molecule has 0 aliphatic carbocycles. The number of rotatable bonds is 6. The van der Waals surface area contributed by atoms with Gasteiger partial charge in [0.15, 0.2) is 5.82 Å². The van der Waals surface area contributed by atoms with Crippen LogP contribution >= 0.6 is 0 Å². The number of hydrogen-bond acceptors (Lipinski definition) is 5. The molecular weight excluding hydrogens is 611 g/mol. The Morgan fingerprint density at radius 1 is 0.320 bits per heavy atom. The molecule has 0 amide bonds. The van der Waals surface area contributed by atoms with Crippen LogP contribution in [-0.2, 0) is 0 Å². The van der Waals surface area contributed by atoms with Gasteiger partial charge in [-0.3, -0.25) is 4.98 Å². The highest BCUT2D eigenvalue weighted by Gasteiger charge is 2.15. The molecule has 4 heterocycles. The van der Waals surface area contributed by atoms with E-state index in [2.05, 4.69) is 108 Å². The number of benzene rings is 5. The first-order valence-electron chi connectivity index (χ1n) is 16.6. The van der Waals surface area contributed by atoms with Gasteiger partial charge in [-0.25, -0.2) is 19.9 Å². The maximum atomic E-state index is 5.30. The van der Waals surface area contributed by atoms with E-state index in [0.717, 1.165) is 83.7 Å². The average molecular weight is 640 g/mol. The first-order valence-corrected chi connectivity index (χ1v) is 16.6. The zero-order valence-corrected chi connectivity index (χ0v) is 27.0. The Hall–Kier alpha value is -6.85. The van der Waals surface area contributed by atoms with E-state index >= 15 is 0 Å². The fourth-order valence-corrected chi connectivity index (χ4v) is 6.41. The van der Waals surface area contributed by atoms with Gasteiger partial charge in [0.1, 0.15) is 0 Å². The highest BCUT2D eigenvalue weighted by molar-refractivity contribution is 6.09. The minimum Gasteiger partial charge on any atom is -0.255 e. The Morgan fingerprint density at radius 3 is 1.58 bits per heavy atom. The summed E-state index contributed by atoms with van der Waals surface area (Å²) in [5.74, 6) is 0.638. The van der Waals surface area contributed by atoms with Crippen molar-refractivity contribution in [3.8, 4) is 67.7 Å². The quantitative estimate of drug-likeness (QED) is 0.169. The summed E-state index contributed by atoms with van der Waals surface area (Å²) in [4.78, 5) is 25.0. The normalized spacial score (nSPS) is 11.2. The van der Waals surface area contributed by atoms with Gasteiger partial charge in [-0.05, 0) is 41.5 Å². The van der Waals surface area contributed by atoms with Crippen molar-refractivity contribution in [2.45, 2.75) is 0 Å². The van der Waals surface area contributed by atoms with Crippen LogP contribution in [0, 0.1) is 0 Å². The maximum Gasteiger partial charge on any atom is 0.160 e. The third-order valence-electron chi connectivity index (χ3n) is 8.96. The van der Waals surface area contributed by atoms with Gasteiger partial charge in [-0.15, -0.1) is 0 Å². The van der Waals surface area contributed by atoms with Crippen molar-refractivity contribution in [1.29, 1.82) is 0 Å². The number of aromatic nitrogens is 5. The minimum atomic E-state index is 0.638. The van der Waals surface area contributed by atoms with E-state index in [9.17, 15) is 0 Å². The van der Waals surface area contributed by atoms with E-state index in [1.807, 2.05) is 66.7 Å². The lowest BCUT2D eigenvalue weighted by molar-refractivity contribution is 1.16. The van der Waals surface area contributed by atoms with Gasteiger partial charge in [0.05, 0.1) is 39.5 Å². The number of hydrogen-bond donors (Lipinski definition) is 0. The smallest absolute Gasteiger partial charge is 0.160 e. The molecule has 0 atom stereocenters. The number of pyridine rings is 3. The molecule has 0 aliphatic rings. The molecule has 0 N–H and O–H groups in total. The standard InChI is InChI=1S/C45H29N5/c1-4-12-30(13-5-1)37-28-40(48-44-36(37)25-23-34-24-26-38(47-43(34)44)31-14-6-2-7-15-31)33-19-21-35(22-20-33)45-49-41(32-16-8-3-9-17-32)29-42(50-45)39-18-10-11-27-46-39/h1-29H. The van der Waals surface area contributed by atoms with Crippen molar-refractivity contribution in [3.05, 3.63) is 176 Å². The first-order chi connectivity index (χ1) is 24.8. The Bertz CT molecular complexity index is 2550. The molecule has 0 radical (unpaired) electrons. The molecule has 9 rings (SSSR count). The van der Waals surface area contributed by atoms with E-state index in [0.29, 0.717) is 5.82 Å². The molecule has 50 heavy (non-hydrogen) atoms. The summed E-state index contributed by atoms with van der Waals surface area (Å²) < 4.78 is 0. The molecule has 4 aromatic heterocycles. The van der Waals surface area contributed by atoms with E-state index in [-0.39, 0.29) is 0 Å². The molecule has 0 saturated carbocycles. The second-order valence-electron chi connectivity index (χ2n) is 12.1. The van der Waals surface area contributed by atoms with Gasteiger partial charge < -0.3 is 0 Å². The Labute approximate surface area is 289 Å². The SMILES string of the molecule is c1ccc(-c2cc(-c3ccccn3)nc(-c3ccc(-c4cc(-c5ccccc5)c5ccc6ccc(-c7ccccc7)nc6c5n4)cc3)n2)cc1. The second kappa shape index (κ2) is 12.6. The van der Waals surface area contributed by atoms with Crippen LogP contribution in [0.1, 0.15) is 0 Å². The third kappa shape index (κ3) is 5.57. The van der Waals surface area contributed by atoms with E-state index in [4.69, 9.17) is 19.9 Å². The molecule has 234 valence electrons. The van der Waals surface area contributed by atoms with Gasteiger partial charge in [-0.2, -0.15) is 0 Å². The molecule has 5 aromatic carbocycles. The van der Waals surface area contributed by atoms with Crippen molar-refractivity contribution in [1.82, 2.24) is 24.9 Å². The van der Waals surface area contributed by atoms with Crippen LogP contribution in [0.4, 0.5) is 0 Å². The zero-order valence-electron chi connectivity index (χ0n) is 27.0. The lowest BCUT2D eigenvalue weighted by atomic mass is 9.96. The lowest BCUT2D eigenvalue weighted by Crippen LogP contribution is -1.97. The van der Waals surface area contributed by atoms with Crippen LogP contribution in [0.25, 0.3) is 89.5 Å². The lowest BCUT2D eigenvalue weighted by Gasteiger charge is -2.13. The summed E-state index contributed by atoms with van der Waals surface area (Å²) in [6.45, 7) is 0. The highest BCUT2D eigenvalue weighted by atomic mass is 14.9. The van der Waals surface area contributed by atoms with Crippen molar-refractivity contribution >= 4 is 21.8 Å². The maximum absolute atomic E-state index is 5.30. The summed E-state index contributed by atoms with van der Waals surface area (Å²) in [7, 11) is 0. The number of nitrogens with zero attached hydrogens (tertiary/aromatic N) is 5. The molecule has 5 nitrogen and oxygen atoms in total. The summed E-state index contributed by atoms with van der Waals surface area (Å²) in [5.41, 5.74) is 12.2. The van der Waals surface area contributed by atoms with Crippen LogP contribution in [0.5, 0.6) is 0 Å². The van der Waals surface area contributed by atoms with Crippen LogP contribution < -0.4 is 0 Å². The summed E-state index contributed by atoms with van der Waals surface area (Å²) in [6, 6.07) is 57.9. The fraction of sp³-hybridized carbons (Fsp3) is 0. The first kappa shape index (κ1) is 29.3. The average Bonchev–Trinajstić information content (AvgIpc) is 3.21. The summed E-state index contributed by atoms with van der Waals surface area (Å²) in [6.07, 6.45) is 1.79. The molecule has 9 aromatic rings. The van der Waals surface area contributed by atoms with E-state index in [1.165, 1.54) is 0 Å². The molecule has 0 saturated heterocycles. The van der Waals surface area contributed by atoms with Crippen molar-refractivity contribution in [2.75, 3.05) is 0 Å². The molecule has 0 unspecified atom stereocenters. The third-order valence-corrected chi connectivity index (χ3v) is 8.96.